The van der Waals surface area contributed by atoms with E-state index in [-0.39, 0.29) is 0 Å². The van der Waals surface area contributed by atoms with Crippen LogP contribution in [0.1, 0.15) is 110 Å². The van der Waals surface area contributed by atoms with Gasteiger partial charge in [-0.25, -0.2) is 0 Å². The van der Waals surface area contributed by atoms with Crippen LogP contribution in [0.15, 0.2) is 65.9 Å². The largest absolute Gasteiger partial charge is 0.389 e. The summed E-state index contributed by atoms with van der Waals surface area (Å²) in [5.74, 6) is 5.04. The van der Waals surface area contributed by atoms with Crippen molar-refractivity contribution in [3.05, 3.63) is 65.7 Å². The van der Waals surface area contributed by atoms with E-state index < -0.39 is 18.1 Å². The van der Waals surface area contributed by atoms with Crippen molar-refractivity contribution < 1.29 is 15.0 Å². The molecule has 0 radical (unpaired) electrons. The minimum atomic E-state index is -0.640. The number of allylic oxidation sites excluding steroid dienone is 7. The van der Waals surface area contributed by atoms with E-state index in [1.54, 1.807) is 24.3 Å². The smallest absolute Gasteiger partial charge is 0.286 e. The number of hydrogen-bond acceptors (Lipinski definition) is 4. The molecule has 0 aliphatic carbocycles. The van der Waals surface area contributed by atoms with Gasteiger partial charge in [0.15, 0.2) is 0 Å². The first kappa shape index (κ1) is 34.5. The molecule has 0 unspecified atom stereocenters. The van der Waals surface area contributed by atoms with Crippen molar-refractivity contribution in [2.45, 2.75) is 122 Å². The molecule has 37 heavy (non-hydrogen) atoms. The van der Waals surface area contributed by atoms with Gasteiger partial charge in [0.2, 0.25) is 0 Å². The second-order valence-electron chi connectivity index (χ2n) is 9.20. The molecule has 0 heterocycles. The molecule has 2 N–H and O–H groups in total. The summed E-state index contributed by atoms with van der Waals surface area (Å²) in [7, 11) is 0. The number of nitrogens with zero attached hydrogens (tertiary/aromatic N) is 1. The Morgan fingerprint density at radius 2 is 1.41 bits per heavy atom. The van der Waals surface area contributed by atoms with Crippen LogP contribution in [0.5, 0.6) is 0 Å². The highest BCUT2D eigenvalue weighted by Gasteiger charge is 1.99. The number of nitroso groups, excluding NO2 is 1. The average Bonchev–Trinajstić information content (AvgIpc) is 2.89. The minimum Gasteiger partial charge on any atom is -0.389 e. The van der Waals surface area contributed by atoms with Crippen LogP contribution in [0, 0.1) is 16.7 Å². The predicted octanol–water partition coefficient (Wildman–Crippen LogP) is 8.05. The van der Waals surface area contributed by atoms with Crippen molar-refractivity contribution in [1.82, 2.24) is 0 Å². The van der Waals surface area contributed by atoms with E-state index in [2.05, 4.69) is 42.2 Å². The average molecular weight is 512 g/mol. The molecule has 0 aliphatic heterocycles. The lowest BCUT2D eigenvalue weighted by Gasteiger charge is -2.01. The first-order valence-corrected chi connectivity index (χ1v) is 14.1. The van der Waals surface area contributed by atoms with Gasteiger partial charge in [-0.2, -0.15) is 0 Å². The molecule has 0 fully saturated rings. The zero-order valence-electron chi connectivity index (χ0n) is 22.9. The number of hydrogen-bond donors (Lipinski definition) is 2. The van der Waals surface area contributed by atoms with E-state index in [1.807, 2.05) is 18.2 Å². The Kier molecular flexibility index (Phi) is 26.1. The highest BCUT2D eigenvalue weighted by atomic mass is 16.3. The Morgan fingerprint density at radius 3 is 2.08 bits per heavy atom. The van der Waals surface area contributed by atoms with Crippen molar-refractivity contribution in [2.75, 3.05) is 0 Å². The summed E-state index contributed by atoms with van der Waals surface area (Å²) in [6, 6.07) is 0. The fourth-order valence-corrected chi connectivity index (χ4v) is 3.59. The fourth-order valence-electron chi connectivity index (χ4n) is 3.59. The van der Waals surface area contributed by atoms with Gasteiger partial charge in [0.1, 0.15) is 6.10 Å². The summed E-state index contributed by atoms with van der Waals surface area (Å²) in [4.78, 5) is 20.8. The molecule has 0 saturated carbocycles. The Balaban J connectivity index is 3.59. The van der Waals surface area contributed by atoms with Crippen LogP contribution in [0.3, 0.4) is 0 Å². The summed E-state index contributed by atoms with van der Waals surface area (Å²) >= 11 is 0. The number of unbranched alkanes of at least 4 members (excludes halogenated alkanes) is 10. The van der Waals surface area contributed by atoms with E-state index in [0.717, 1.165) is 38.5 Å². The van der Waals surface area contributed by atoms with Gasteiger partial charge in [-0.05, 0) is 44.6 Å². The van der Waals surface area contributed by atoms with Gasteiger partial charge in [-0.15, -0.1) is 4.91 Å². The van der Waals surface area contributed by atoms with Gasteiger partial charge in [0.05, 0.1) is 6.10 Å². The third-order valence-corrected chi connectivity index (χ3v) is 5.73. The summed E-state index contributed by atoms with van der Waals surface area (Å²) < 4.78 is 0. The Hall–Kier alpha value is -2.55. The molecule has 0 bridgehead atoms. The molecule has 0 rings (SSSR count). The molecule has 0 spiro atoms. The van der Waals surface area contributed by atoms with Crippen LogP contribution in [0.25, 0.3) is 0 Å². The number of amides is 1. The highest BCUT2D eigenvalue weighted by molar-refractivity contribution is 5.76. The van der Waals surface area contributed by atoms with E-state index in [1.165, 1.54) is 44.9 Å². The molecule has 2 atom stereocenters. The molecule has 0 saturated heterocycles. The van der Waals surface area contributed by atoms with Gasteiger partial charge in [0, 0.05) is 18.0 Å². The SMILES string of the molecule is CC/C=C\C[C@H](O)C#C/C=C/C=C/[C@H](O)C/C=C\C/C=C\CCCCCCCCCCCCC(=O)N=O. The number of aliphatic hydroxyl groups excluding tert-OH is 2. The third kappa shape index (κ3) is 27.9. The monoisotopic (exact) mass is 511 g/mol. The van der Waals surface area contributed by atoms with Crippen molar-refractivity contribution in [3.8, 4) is 11.8 Å². The lowest BCUT2D eigenvalue weighted by molar-refractivity contribution is -0.118. The van der Waals surface area contributed by atoms with Gasteiger partial charge in [0.25, 0.3) is 5.91 Å². The highest BCUT2D eigenvalue weighted by Crippen LogP contribution is 2.12. The molecule has 0 aromatic heterocycles. The molecule has 5 nitrogen and oxygen atoms in total. The zero-order valence-corrected chi connectivity index (χ0v) is 22.9. The third-order valence-electron chi connectivity index (χ3n) is 5.73. The van der Waals surface area contributed by atoms with Crippen molar-refractivity contribution in [2.24, 2.45) is 5.18 Å². The Bertz CT molecular complexity index is 767. The summed E-state index contributed by atoms with van der Waals surface area (Å²) in [6.07, 6.45) is 34.4. The van der Waals surface area contributed by atoms with Crippen LogP contribution < -0.4 is 0 Å². The predicted molar refractivity (Wildman–Crippen MR) is 156 cm³/mol. The van der Waals surface area contributed by atoms with Gasteiger partial charge in [-0.1, -0.05) is 125 Å². The summed E-state index contributed by atoms with van der Waals surface area (Å²) in [6.45, 7) is 2.05. The molecule has 206 valence electrons. The number of carbonyl (C=O) groups is 1. The normalized spacial score (nSPS) is 13.7. The van der Waals surface area contributed by atoms with Crippen molar-refractivity contribution >= 4 is 5.91 Å². The fraction of sp³-hybridized carbons (Fsp3) is 0.594. The summed E-state index contributed by atoms with van der Waals surface area (Å²) in [5.41, 5.74) is 0. The molecule has 0 aromatic carbocycles. The topological polar surface area (TPSA) is 87.0 Å². The van der Waals surface area contributed by atoms with Crippen LogP contribution in [0.4, 0.5) is 0 Å². The van der Waals surface area contributed by atoms with E-state index in [9.17, 15) is 19.9 Å². The zero-order chi connectivity index (χ0) is 27.2. The number of rotatable bonds is 22. The van der Waals surface area contributed by atoms with E-state index in [0.29, 0.717) is 19.3 Å². The lowest BCUT2D eigenvalue weighted by Crippen LogP contribution is -1.99. The molecule has 5 heteroatoms. The second-order valence-corrected chi connectivity index (χ2v) is 9.20. The van der Waals surface area contributed by atoms with E-state index in [4.69, 9.17) is 0 Å². The van der Waals surface area contributed by atoms with Gasteiger partial charge < -0.3 is 10.2 Å². The maximum atomic E-state index is 10.8. The maximum absolute atomic E-state index is 10.8. The molecular formula is C32H49NO4. The minimum absolute atomic E-state index is 0.301. The second kappa shape index (κ2) is 28.0. The number of aliphatic hydroxyl groups is 2. The van der Waals surface area contributed by atoms with Crippen molar-refractivity contribution in [3.63, 3.8) is 0 Å². The van der Waals surface area contributed by atoms with Crippen LogP contribution in [-0.2, 0) is 4.79 Å². The molecular weight excluding hydrogens is 462 g/mol. The number of carbonyl (C=O) groups excluding carboxylic acids is 1. The molecule has 0 aromatic rings. The Labute approximate surface area is 225 Å². The maximum Gasteiger partial charge on any atom is 0.286 e. The first-order chi connectivity index (χ1) is 18.1. The van der Waals surface area contributed by atoms with E-state index >= 15 is 0 Å². The standard InChI is InChI=1S/C32H49NO4/c1-2-3-20-25-30(34)27-22-18-19-23-28-31(35)26-21-16-14-12-10-8-6-4-5-7-9-11-13-15-17-24-29-32(36)33-37/h3,10,12,16,18-21,23,28,30-31,34-35H,2,4-9,11,13-15,17,24-26,29H2,1H3/b12-10-,19-18+,20-3-,21-16-,28-23+/t30-,31+/m0/s1. The van der Waals surface area contributed by atoms with Crippen molar-refractivity contribution in [1.29, 1.82) is 0 Å². The van der Waals surface area contributed by atoms with Crippen LogP contribution in [0.2, 0.25) is 0 Å². The lowest BCUT2D eigenvalue weighted by atomic mass is 10.0. The van der Waals surface area contributed by atoms with Gasteiger partial charge >= 0.3 is 0 Å². The van der Waals surface area contributed by atoms with Crippen LogP contribution in [-0.4, -0.2) is 28.3 Å². The van der Waals surface area contributed by atoms with Gasteiger partial charge in [-0.3, -0.25) is 4.79 Å². The van der Waals surface area contributed by atoms with Crippen LogP contribution >= 0.6 is 0 Å². The molecule has 1 amide bonds. The molecule has 0 aliphatic rings. The summed E-state index contributed by atoms with van der Waals surface area (Å²) in [5, 5.41) is 22.0. The Morgan fingerprint density at radius 1 is 0.784 bits per heavy atom. The quantitative estimate of drug-likeness (QED) is 0.0506. The first-order valence-electron chi connectivity index (χ1n) is 14.1.